The van der Waals surface area contributed by atoms with Gasteiger partial charge in [0.05, 0.1) is 30.1 Å². The Labute approximate surface area is 104 Å². The molecule has 2 heterocycles. The van der Waals surface area contributed by atoms with Crippen molar-refractivity contribution in [3.8, 4) is 0 Å². The van der Waals surface area contributed by atoms with E-state index in [1.165, 1.54) is 0 Å². The molecule has 0 aliphatic rings. The fourth-order valence-corrected chi connectivity index (χ4v) is 2.30. The molecule has 2 aromatic heterocycles. The van der Waals surface area contributed by atoms with Crippen molar-refractivity contribution in [3.63, 3.8) is 0 Å². The highest BCUT2D eigenvalue weighted by atomic mass is 16.3. The molecule has 0 saturated heterocycles. The van der Waals surface area contributed by atoms with Crippen LogP contribution in [0.5, 0.6) is 0 Å². The first-order valence-electron chi connectivity index (χ1n) is 6.00. The van der Waals surface area contributed by atoms with Crippen LogP contribution in [0.4, 0.5) is 0 Å². The summed E-state index contributed by atoms with van der Waals surface area (Å²) in [6.07, 6.45) is 3.30. The zero-order chi connectivity index (χ0) is 12.5. The molecule has 0 atom stereocenters. The van der Waals surface area contributed by atoms with Gasteiger partial charge in [-0.05, 0) is 25.1 Å². The lowest BCUT2D eigenvalue weighted by Crippen LogP contribution is -2.24. The molecule has 0 saturated carbocycles. The number of aromatic nitrogens is 2. The van der Waals surface area contributed by atoms with Crippen LogP contribution in [0.25, 0.3) is 11.0 Å². The van der Waals surface area contributed by atoms with Crippen LogP contribution < -0.4 is 5.69 Å². The predicted octanol–water partition coefficient (Wildman–Crippen LogP) is 2.46. The second-order valence-corrected chi connectivity index (χ2v) is 4.23. The Balaban J connectivity index is 2.22. The van der Waals surface area contributed by atoms with Gasteiger partial charge in [0.25, 0.3) is 0 Å². The Morgan fingerprint density at radius 1 is 1.11 bits per heavy atom. The fraction of sp³-hybridized carbons (Fsp3) is 0.214. The van der Waals surface area contributed by atoms with Crippen molar-refractivity contribution in [3.05, 3.63) is 58.9 Å². The topological polar surface area (TPSA) is 40.1 Å². The zero-order valence-electron chi connectivity index (χ0n) is 10.2. The summed E-state index contributed by atoms with van der Waals surface area (Å²) in [7, 11) is 0. The molecule has 0 aliphatic heterocycles. The minimum absolute atomic E-state index is 0.0277. The molecule has 0 spiro atoms. The minimum Gasteiger partial charge on any atom is -0.472 e. The lowest BCUT2D eigenvalue weighted by molar-refractivity contribution is 0.561. The van der Waals surface area contributed by atoms with Crippen molar-refractivity contribution in [1.82, 2.24) is 9.13 Å². The van der Waals surface area contributed by atoms with Gasteiger partial charge in [0.1, 0.15) is 0 Å². The summed E-state index contributed by atoms with van der Waals surface area (Å²) >= 11 is 0. The molecule has 4 nitrogen and oxygen atoms in total. The van der Waals surface area contributed by atoms with Crippen LogP contribution in [0.1, 0.15) is 12.5 Å². The number of imidazole rings is 1. The van der Waals surface area contributed by atoms with Crippen molar-refractivity contribution in [2.45, 2.75) is 20.0 Å². The molecule has 0 bridgehead atoms. The second-order valence-electron chi connectivity index (χ2n) is 4.23. The van der Waals surface area contributed by atoms with Gasteiger partial charge in [-0.2, -0.15) is 0 Å². The molecule has 3 aromatic rings. The first-order valence-corrected chi connectivity index (χ1v) is 6.00. The highest BCUT2D eigenvalue weighted by Gasteiger charge is 2.11. The van der Waals surface area contributed by atoms with Gasteiger partial charge < -0.3 is 4.42 Å². The maximum absolute atomic E-state index is 12.3. The van der Waals surface area contributed by atoms with E-state index in [4.69, 9.17) is 4.42 Å². The summed E-state index contributed by atoms with van der Waals surface area (Å²) in [5.74, 6) is 0. The van der Waals surface area contributed by atoms with Crippen LogP contribution in [-0.4, -0.2) is 9.13 Å². The predicted molar refractivity (Wildman–Crippen MR) is 69.7 cm³/mol. The van der Waals surface area contributed by atoms with Crippen molar-refractivity contribution < 1.29 is 4.42 Å². The Kier molecular flexibility index (Phi) is 2.55. The van der Waals surface area contributed by atoms with Crippen molar-refractivity contribution in [2.75, 3.05) is 0 Å². The Morgan fingerprint density at radius 3 is 2.44 bits per heavy atom. The number of benzene rings is 1. The fourth-order valence-electron chi connectivity index (χ4n) is 2.30. The first kappa shape index (κ1) is 10.9. The third-order valence-corrected chi connectivity index (χ3v) is 3.16. The molecular formula is C14H14N2O2. The summed E-state index contributed by atoms with van der Waals surface area (Å²) in [6.45, 7) is 3.20. The molecule has 0 unspecified atom stereocenters. The van der Waals surface area contributed by atoms with Gasteiger partial charge in [-0.1, -0.05) is 12.1 Å². The van der Waals surface area contributed by atoms with Gasteiger partial charge in [-0.3, -0.25) is 9.13 Å². The monoisotopic (exact) mass is 242 g/mol. The second kappa shape index (κ2) is 4.22. The maximum atomic E-state index is 12.3. The molecule has 18 heavy (non-hydrogen) atoms. The summed E-state index contributed by atoms with van der Waals surface area (Å²) in [5.41, 5.74) is 2.97. The number of hydrogen-bond acceptors (Lipinski definition) is 2. The number of rotatable bonds is 3. The molecule has 0 N–H and O–H groups in total. The average molecular weight is 242 g/mol. The highest BCUT2D eigenvalue weighted by molar-refractivity contribution is 5.76. The lowest BCUT2D eigenvalue weighted by Gasteiger charge is -1.99. The molecule has 4 heteroatoms. The summed E-state index contributed by atoms with van der Waals surface area (Å²) in [4.78, 5) is 12.3. The van der Waals surface area contributed by atoms with Crippen molar-refractivity contribution in [2.24, 2.45) is 0 Å². The van der Waals surface area contributed by atoms with Crippen LogP contribution in [0.3, 0.4) is 0 Å². The van der Waals surface area contributed by atoms with Gasteiger partial charge >= 0.3 is 5.69 Å². The van der Waals surface area contributed by atoms with E-state index in [1.54, 1.807) is 21.7 Å². The Bertz CT molecular complexity index is 720. The standard InChI is InChI=1S/C14H14N2O2/c1-2-15-12-5-3-4-6-13(12)16(14(15)17)9-11-7-8-18-10-11/h3-8,10H,2,9H2,1H3. The van der Waals surface area contributed by atoms with Crippen molar-refractivity contribution >= 4 is 11.0 Å². The van der Waals surface area contributed by atoms with Crippen LogP contribution in [-0.2, 0) is 13.1 Å². The largest absolute Gasteiger partial charge is 0.472 e. The van der Waals surface area contributed by atoms with E-state index in [2.05, 4.69) is 0 Å². The molecule has 0 aliphatic carbocycles. The van der Waals surface area contributed by atoms with E-state index >= 15 is 0 Å². The summed E-state index contributed by atoms with van der Waals surface area (Å²) < 4.78 is 8.62. The average Bonchev–Trinajstić information content (AvgIpc) is 2.98. The Morgan fingerprint density at radius 2 is 1.83 bits per heavy atom. The number of aryl methyl sites for hydroxylation is 1. The molecule has 0 radical (unpaired) electrons. The molecule has 0 fully saturated rings. The van der Waals surface area contributed by atoms with E-state index in [-0.39, 0.29) is 5.69 Å². The smallest absolute Gasteiger partial charge is 0.329 e. The summed E-state index contributed by atoms with van der Waals surface area (Å²) in [5, 5.41) is 0. The van der Waals surface area contributed by atoms with Gasteiger partial charge in [0.2, 0.25) is 0 Å². The van der Waals surface area contributed by atoms with Gasteiger partial charge in [0.15, 0.2) is 0 Å². The third kappa shape index (κ3) is 1.57. The van der Waals surface area contributed by atoms with Crippen molar-refractivity contribution in [1.29, 1.82) is 0 Å². The molecule has 3 rings (SSSR count). The highest BCUT2D eigenvalue weighted by Crippen LogP contribution is 2.14. The van der Waals surface area contributed by atoms with E-state index in [0.29, 0.717) is 13.1 Å². The van der Waals surface area contributed by atoms with Crippen LogP contribution in [0.2, 0.25) is 0 Å². The number of nitrogens with zero attached hydrogens (tertiary/aromatic N) is 2. The summed E-state index contributed by atoms with van der Waals surface area (Å²) in [6, 6.07) is 9.74. The Hall–Kier alpha value is -2.23. The minimum atomic E-state index is 0.0277. The van der Waals surface area contributed by atoms with Gasteiger partial charge in [-0.15, -0.1) is 0 Å². The van der Waals surface area contributed by atoms with Gasteiger partial charge in [0, 0.05) is 12.1 Å². The number of furan rings is 1. The zero-order valence-corrected chi connectivity index (χ0v) is 10.2. The van der Waals surface area contributed by atoms with E-state index in [9.17, 15) is 4.79 Å². The van der Waals surface area contributed by atoms with Crippen LogP contribution >= 0.6 is 0 Å². The number of hydrogen-bond donors (Lipinski definition) is 0. The van der Waals surface area contributed by atoms with Gasteiger partial charge in [-0.25, -0.2) is 4.79 Å². The molecular weight excluding hydrogens is 228 g/mol. The van der Waals surface area contributed by atoms with Crippen LogP contribution in [0.15, 0.2) is 52.1 Å². The lowest BCUT2D eigenvalue weighted by atomic mass is 10.3. The van der Waals surface area contributed by atoms with E-state index in [1.807, 2.05) is 37.3 Å². The third-order valence-electron chi connectivity index (χ3n) is 3.16. The maximum Gasteiger partial charge on any atom is 0.329 e. The van der Waals surface area contributed by atoms with Crippen LogP contribution in [0, 0.1) is 0 Å². The SMILES string of the molecule is CCn1c(=O)n(Cc2ccoc2)c2ccccc21. The number of para-hydroxylation sites is 2. The molecule has 92 valence electrons. The molecule has 0 amide bonds. The number of fused-ring (bicyclic) bond motifs is 1. The van der Waals surface area contributed by atoms with E-state index in [0.717, 1.165) is 16.6 Å². The first-order chi connectivity index (χ1) is 8.81. The molecule has 1 aromatic carbocycles. The van der Waals surface area contributed by atoms with E-state index < -0.39 is 0 Å². The normalized spacial score (nSPS) is 11.2. The quantitative estimate of drug-likeness (QED) is 0.707.